The fourth-order valence-corrected chi connectivity index (χ4v) is 2.83. The Morgan fingerprint density at radius 2 is 2.00 bits per heavy atom. The smallest absolute Gasteiger partial charge is 0.0878 e. The predicted molar refractivity (Wildman–Crippen MR) is 73.0 cm³/mol. The van der Waals surface area contributed by atoms with Crippen molar-refractivity contribution in [1.29, 1.82) is 0 Å². The van der Waals surface area contributed by atoms with Crippen LogP contribution in [0.2, 0.25) is 0 Å². The average molecular weight is 259 g/mol. The first-order valence-electron chi connectivity index (χ1n) is 7.23. The standard InChI is InChI=1S/C14H29NO3/c1-4-15-13(7-6-10-16-3)14(18-5-2)8-11-17-12-9-14/h13,15H,4-12H2,1-3H3. The summed E-state index contributed by atoms with van der Waals surface area (Å²) in [7, 11) is 1.76. The molecule has 4 nitrogen and oxygen atoms in total. The van der Waals surface area contributed by atoms with E-state index in [1.807, 2.05) is 0 Å². The lowest BCUT2D eigenvalue weighted by molar-refractivity contribution is -0.128. The number of hydrogen-bond acceptors (Lipinski definition) is 4. The molecule has 0 aliphatic carbocycles. The van der Waals surface area contributed by atoms with Crippen molar-refractivity contribution in [3.05, 3.63) is 0 Å². The Kier molecular flexibility index (Phi) is 7.82. The molecule has 0 spiro atoms. The molecule has 1 N–H and O–H groups in total. The Labute approximate surface area is 111 Å². The third-order valence-electron chi connectivity index (χ3n) is 3.70. The Bertz CT molecular complexity index is 200. The largest absolute Gasteiger partial charge is 0.385 e. The first-order valence-corrected chi connectivity index (χ1v) is 7.23. The molecular weight excluding hydrogens is 230 g/mol. The molecule has 1 atom stereocenters. The van der Waals surface area contributed by atoms with Gasteiger partial charge in [0, 0.05) is 52.4 Å². The van der Waals surface area contributed by atoms with E-state index in [0.717, 1.165) is 58.7 Å². The quantitative estimate of drug-likeness (QED) is 0.643. The van der Waals surface area contributed by atoms with E-state index in [4.69, 9.17) is 14.2 Å². The van der Waals surface area contributed by atoms with Crippen LogP contribution < -0.4 is 5.32 Å². The SMILES string of the molecule is CCNC(CCCOC)C1(OCC)CCOCC1. The molecule has 1 unspecified atom stereocenters. The minimum atomic E-state index is -0.0449. The van der Waals surface area contributed by atoms with Crippen molar-refractivity contribution in [3.63, 3.8) is 0 Å². The van der Waals surface area contributed by atoms with E-state index in [1.165, 1.54) is 0 Å². The first kappa shape index (κ1) is 15.9. The zero-order valence-corrected chi connectivity index (χ0v) is 12.2. The highest BCUT2D eigenvalue weighted by Crippen LogP contribution is 2.31. The molecule has 108 valence electrons. The van der Waals surface area contributed by atoms with Crippen LogP contribution in [0.1, 0.15) is 39.5 Å². The maximum Gasteiger partial charge on any atom is 0.0878 e. The number of hydrogen-bond donors (Lipinski definition) is 1. The second-order valence-electron chi connectivity index (χ2n) is 4.86. The molecule has 0 radical (unpaired) electrons. The van der Waals surface area contributed by atoms with E-state index in [0.29, 0.717) is 6.04 Å². The molecule has 0 saturated carbocycles. The number of likely N-dealkylation sites (N-methyl/N-ethyl adjacent to an activating group) is 1. The summed E-state index contributed by atoms with van der Waals surface area (Å²) in [4.78, 5) is 0. The zero-order valence-electron chi connectivity index (χ0n) is 12.2. The average Bonchev–Trinajstić information content (AvgIpc) is 2.39. The van der Waals surface area contributed by atoms with Crippen molar-refractivity contribution >= 4 is 0 Å². The fraction of sp³-hybridized carbons (Fsp3) is 1.00. The summed E-state index contributed by atoms with van der Waals surface area (Å²) < 4.78 is 16.8. The summed E-state index contributed by atoms with van der Waals surface area (Å²) in [6.45, 7) is 8.43. The van der Waals surface area contributed by atoms with Gasteiger partial charge in [-0.3, -0.25) is 0 Å². The molecule has 0 aromatic heterocycles. The van der Waals surface area contributed by atoms with Gasteiger partial charge in [-0.2, -0.15) is 0 Å². The summed E-state index contributed by atoms with van der Waals surface area (Å²) in [5, 5.41) is 3.60. The molecule has 0 aromatic rings. The van der Waals surface area contributed by atoms with Gasteiger partial charge in [0.2, 0.25) is 0 Å². The van der Waals surface area contributed by atoms with E-state index < -0.39 is 0 Å². The van der Waals surface area contributed by atoms with E-state index in [-0.39, 0.29) is 5.60 Å². The van der Waals surface area contributed by atoms with E-state index >= 15 is 0 Å². The maximum atomic E-state index is 6.13. The minimum Gasteiger partial charge on any atom is -0.385 e. The van der Waals surface area contributed by atoms with E-state index in [2.05, 4.69) is 19.2 Å². The molecule has 4 heteroatoms. The Balaban J connectivity index is 2.62. The van der Waals surface area contributed by atoms with Gasteiger partial charge in [0.1, 0.15) is 0 Å². The third kappa shape index (κ3) is 4.50. The summed E-state index contributed by atoms with van der Waals surface area (Å²) in [6.07, 6.45) is 4.16. The van der Waals surface area contributed by atoms with Crippen molar-refractivity contribution in [2.75, 3.05) is 40.1 Å². The summed E-state index contributed by atoms with van der Waals surface area (Å²) in [5.74, 6) is 0. The second kappa shape index (κ2) is 8.86. The summed E-state index contributed by atoms with van der Waals surface area (Å²) in [5.41, 5.74) is -0.0449. The lowest BCUT2D eigenvalue weighted by atomic mass is 9.83. The number of rotatable bonds is 9. The molecule has 0 bridgehead atoms. The van der Waals surface area contributed by atoms with Crippen molar-refractivity contribution in [2.45, 2.75) is 51.2 Å². The predicted octanol–water partition coefficient (Wildman–Crippen LogP) is 1.98. The molecule has 1 aliphatic heterocycles. The molecule has 0 amide bonds. The van der Waals surface area contributed by atoms with Gasteiger partial charge < -0.3 is 19.5 Å². The molecule has 1 heterocycles. The fourth-order valence-electron chi connectivity index (χ4n) is 2.83. The van der Waals surface area contributed by atoms with Gasteiger partial charge in [-0.05, 0) is 26.3 Å². The lowest BCUT2D eigenvalue weighted by Gasteiger charge is -2.43. The topological polar surface area (TPSA) is 39.7 Å². The number of methoxy groups -OCH3 is 1. The molecule has 18 heavy (non-hydrogen) atoms. The van der Waals surface area contributed by atoms with Crippen LogP contribution in [0, 0.1) is 0 Å². The van der Waals surface area contributed by atoms with Crippen molar-refractivity contribution in [1.82, 2.24) is 5.32 Å². The van der Waals surface area contributed by atoms with Gasteiger partial charge in [0.25, 0.3) is 0 Å². The van der Waals surface area contributed by atoms with Crippen LogP contribution in [0.5, 0.6) is 0 Å². The van der Waals surface area contributed by atoms with Crippen LogP contribution >= 0.6 is 0 Å². The highest BCUT2D eigenvalue weighted by atomic mass is 16.5. The monoisotopic (exact) mass is 259 g/mol. The molecule has 1 rings (SSSR count). The number of ether oxygens (including phenoxy) is 3. The van der Waals surface area contributed by atoms with Crippen LogP contribution in [0.15, 0.2) is 0 Å². The van der Waals surface area contributed by atoms with Crippen molar-refractivity contribution in [3.8, 4) is 0 Å². The van der Waals surface area contributed by atoms with Crippen LogP contribution in [0.25, 0.3) is 0 Å². The first-order chi connectivity index (χ1) is 8.79. The van der Waals surface area contributed by atoms with Gasteiger partial charge in [-0.1, -0.05) is 6.92 Å². The second-order valence-corrected chi connectivity index (χ2v) is 4.86. The molecule has 1 aliphatic rings. The molecule has 1 saturated heterocycles. The Hall–Kier alpha value is -0.160. The van der Waals surface area contributed by atoms with Crippen molar-refractivity contribution < 1.29 is 14.2 Å². The van der Waals surface area contributed by atoms with Crippen LogP contribution in [-0.2, 0) is 14.2 Å². The lowest BCUT2D eigenvalue weighted by Crippen LogP contribution is -2.55. The molecular formula is C14H29NO3. The highest BCUT2D eigenvalue weighted by molar-refractivity contribution is 4.95. The van der Waals surface area contributed by atoms with Crippen LogP contribution in [0.3, 0.4) is 0 Å². The molecule has 0 aromatic carbocycles. The maximum absolute atomic E-state index is 6.13. The van der Waals surface area contributed by atoms with Gasteiger partial charge in [-0.15, -0.1) is 0 Å². The third-order valence-corrected chi connectivity index (χ3v) is 3.70. The van der Waals surface area contributed by atoms with E-state index in [1.54, 1.807) is 7.11 Å². The number of nitrogens with one attached hydrogen (secondary N) is 1. The highest BCUT2D eigenvalue weighted by Gasteiger charge is 2.40. The molecule has 1 fully saturated rings. The summed E-state index contributed by atoms with van der Waals surface area (Å²) in [6, 6.07) is 0.404. The summed E-state index contributed by atoms with van der Waals surface area (Å²) >= 11 is 0. The Morgan fingerprint density at radius 1 is 1.28 bits per heavy atom. The minimum absolute atomic E-state index is 0.0449. The zero-order chi connectivity index (χ0) is 13.3. The van der Waals surface area contributed by atoms with Gasteiger partial charge in [-0.25, -0.2) is 0 Å². The normalized spacial score (nSPS) is 20.8. The van der Waals surface area contributed by atoms with Gasteiger partial charge in [0.05, 0.1) is 5.60 Å². The van der Waals surface area contributed by atoms with Crippen molar-refractivity contribution in [2.24, 2.45) is 0 Å². The van der Waals surface area contributed by atoms with Crippen LogP contribution in [0.4, 0.5) is 0 Å². The van der Waals surface area contributed by atoms with E-state index in [9.17, 15) is 0 Å². The van der Waals surface area contributed by atoms with Gasteiger partial charge >= 0.3 is 0 Å². The van der Waals surface area contributed by atoms with Crippen LogP contribution in [-0.4, -0.2) is 51.7 Å². The Morgan fingerprint density at radius 3 is 2.56 bits per heavy atom. The van der Waals surface area contributed by atoms with Gasteiger partial charge in [0.15, 0.2) is 0 Å².